The highest BCUT2D eigenvalue weighted by atomic mass is 127. The predicted octanol–water partition coefficient (Wildman–Crippen LogP) is 3.83. The van der Waals surface area contributed by atoms with Crippen LogP contribution in [0.25, 0.3) is 0 Å². The number of morpholine rings is 1. The second kappa shape index (κ2) is 12.1. The van der Waals surface area contributed by atoms with Crippen LogP contribution in [0.4, 0.5) is 0 Å². The van der Waals surface area contributed by atoms with Gasteiger partial charge in [0, 0.05) is 50.5 Å². The van der Waals surface area contributed by atoms with Crippen LogP contribution < -0.4 is 5.32 Å². The van der Waals surface area contributed by atoms with Crippen LogP contribution in [0.5, 0.6) is 0 Å². The molecule has 162 valence electrons. The van der Waals surface area contributed by atoms with E-state index in [2.05, 4.69) is 51.2 Å². The number of aliphatic imine (C=N–C) groups is 1. The third-order valence-corrected chi connectivity index (χ3v) is 6.12. The second-order valence-electron chi connectivity index (χ2n) is 6.99. The minimum Gasteiger partial charge on any atom is -0.379 e. The van der Waals surface area contributed by atoms with E-state index in [1.807, 2.05) is 19.3 Å². The van der Waals surface area contributed by atoms with Gasteiger partial charge in [-0.2, -0.15) is 0 Å². The van der Waals surface area contributed by atoms with Crippen molar-refractivity contribution in [1.82, 2.24) is 19.7 Å². The number of hydrogen-bond acceptors (Lipinski definition) is 4. The number of ether oxygens (including phenoxy) is 1. The van der Waals surface area contributed by atoms with Gasteiger partial charge in [-0.1, -0.05) is 17.7 Å². The largest absolute Gasteiger partial charge is 0.379 e. The molecule has 1 saturated heterocycles. The summed E-state index contributed by atoms with van der Waals surface area (Å²) < 4.78 is 7.60. The van der Waals surface area contributed by atoms with Gasteiger partial charge >= 0.3 is 0 Å². The molecule has 0 saturated carbocycles. The fraction of sp³-hybridized carbons (Fsp3) is 0.550. The minimum atomic E-state index is 0. The summed E-state index contributed by atoms with van der Waals surface area (Å²) in [7, 11) is 4.08. The molecule has 3 rings (SSSR count). The first-order chi connectivity index (χ1) is 13.6. The zero-order chi connectivity index (χ0) is 19.9. The highest BCUT2D eigenvalue weighted by Gasteiger charge is 2.23. The van der Waals surface area contributed by atoms with E-state index < -0.39 is 0 Å². The van der Waals surface area contributed by atoms with Gasteiger partial charge in [-0.05, 0) is 24.4 Å². The number of aryl methyl sites for hydroxylation is 1. The average Bonchev–Trinajstić information content (AvgIpc) is 3.32. The van der Waals surface area contributed by atoms with Gasteiger partial charge in [-0.25, -0.2) is 0 Å². The lowest BCUT2D eigenvalue weighted by atomic mass is 10.2. The van der Waals surface area contributed by atoms with Crippen LogP contribution in [0, 0.1) is 0 Å². The Hall–Kier alpha value is -0.810. The summed E-state index contributed by atoms with van der Waals surface area (Å²) in [5.41, 5.74) is 1.15. The standard InChI is InChI=1S/C20H30ClN5OS.HI/c1-4-22-20(25(3)15-17-12-16(21)14-24(17)2)23-13-18(19-6-5-11-28-19)26-7-9-27-10-8-26;/h5-6,11-12,14,18H,4,7-10,13,15H2,1-3H3,(H,22,23);1H. The topological polar surface area (TPSA) is 45.0 Å². The summed E-state index contributed by atoms with van der Waals surface area (Å²) in [5.74, 6) is 0.912. The first-order valence-corrected chi connectivity index (χ1v) is 11.0. The summed E-state index contributed by atoms with van der Waals surface area (Å²) in [4.78, 5) is 11.0. The monoisotopic (exact) mass is 551 g/mol. The third-order valence-electron chi connectivity index (χ3n) is 4.94. The second-order valence-corrected chi connectivity index (χ2v) is 8.41. The number of nitrogens with zero attached hydrogens (tertiary/aromatic N) is 4. The summed E-state index contributed by atoms with van der Waals surface area (Å²) in [6.45, 7) is 7.88. The van der Waals surface area contributed by atoms with E-state index in [4.69, 9.17) is 21.3 Å². The first-order valence-electron chi connectivity index (χ1n) is 9.74. The quantitative estimate of drug-likeness (QED) is 0.323. The van der Waals surface area contributed by atoms with Gasteiger partial charge in [0.15, 0.2) is 5.96 Å². The van der Waals surface area contributed by atoms with Gasteiger partial charge in [-0.3, -0.25) is 9.89 Å². The van der Waals surface area contributed by atoms with Crippen molar-refractivity contribution in [2.45, 2.75) is 19.5 Å². The molecule has 29 heavy (non-hydrogen) atoms. The van der Waals surface area contributed by atoms with Crippen molar-refractivity contribution in [2.24, 2.45) is 12.0 Å². The molecule has 0 radical (unpaired) electrons. The van der Waals surface area contributed by atoms with Gasteiger partial charge in [0.1, 0.15) is 0 Å². The zero-order valence-corrected chi connectivity index (χ0v) is 21.2. The van der Waals surface area contributed by atoms with Gasteiger partial charge in [0.2, 0.25) is 0 Å². The normalized spacial score (nSPS) is 16.3. The Balaban J connectivity index is 0.00000300. The summed E-state index contributed by atoms with van der Waals surface area (Å²) in [6.07, 6.45) is 1.93. The molecule has 0 bridgehead atoms. The number of nitrogens with one attached hydrogen (secondary N) is 1. The van der Waals surface area contributed by atoms with Crippen molar-refractivity contribution in [3.8, 4) is 0 Å². The molecule has 0 aromatic carbocycles. The molecule has 9 heteroatoms. The van der Waals surface area contributed by atoms with E-state index >= 15 is 0 Å². The van der Waals surface area contributed by atoms with Gasteiger partial charge in [0.05, 0.1) is 37.4 Å². The van der Waals surface area contributed by atoms with Crippen LogP contribution >= 0.6 is 46.9 Å². The van der Waals surface area contributed by atoms with Crippen molar-refractivity contribution in [3.63, 3.8) is 0 Å². The molecule has 1 fully saturated rings. The molecule has 1 N–H and O–H groups in total. The van der Waals surface area contributed by atoms with Crippen molar-refractivity contribution in [2.75, 3.05) is 46.4 Å². The molecule has 1 aliphatic heterocycles. The number of rotatable bonds is 7. The Kier molecular flexibility index (Phi) is 10.2. The number of halogens is 2. The number of aromatic nitrogens is 1. The Bertz CT molecular complexity index is 761. The molecule has 3 heterocycles. The SMILES string of the molecule is CCNC(=NCC(c1cccs1)N1CCOCC1)N(C)Cc1cc(Cl)cn1C.I. The van der Waals surface area contributed by atoms with E-state index in [1.54, 1.807) is 11.3 Å². The summed E-state index contributed by atoms with van der Waals surface area (Å²) in [6, 6.07) is 6.62. The molecule has 0 spiro atoms. The first kappa shape index (κ1) is 24.5. The third kappa shape index (κ3) is 6.85. The molecular formula is C20H31ClIN5OS. The molecule has 2 aromatic heterocycles. The van der Waals surface area contributed by atoms with Crippen molar-refractivity contribution >= 4 is 52.9 Å². The van der Waals surface area contributed by atoms with Gasteiger partial charge in [-0.15, -0.1) is 35.3 Å². The van der Waals surface area contributed by atoms with Crippen LogP contribution in [-0.2, 0) is 18.3 Å². The van der Waals surface area contributed by atoms with E-state index in [1.165, 1.54) is 4.88 Å². The van der Waals surface area contributed by atoms with Gasteiger partial charge < -0.3 is 19.5 Å². The van der Waals surface area contributed by atoms with Crippen LogP contribution in [0.3, 0.4) is 0 Å². The molecule has 2 aromatic rings. The van der Waals surface area contributed by atoms with Crippen molar-refractivity contribution in [3.05, 3.63) is 45.4 Å². The summed E-state index contributed by atoms with van der Waals surface area (Å²) in [5, 5.41) is 6.33. The molecule has 0 aliphatic carbocycles. The minimum absolute atomic E-state index is 0. The molecular weight excluding hydrogens is 521 g/mol. The maximum Gasteiger partial charge on any atom is 0.194 e. The number of hydrogen-bond donors (Lipinski definition) is 1. The van der Waals surface area contributed by atoms with E-state index in [-0.39, 0.29) is 30.0 Å². The Labute approximate surface area is 199 Å². The predicted molar refractivity (Wildman–Crippen MR) is 133 cm³/mol. The van der Waals surface area contributed by atoms with Crippen LogP contribution in [0.1, 0.15) is 23.5 Å². The highest BCUT2D eigenvalue weighted by Crippen LogP contribution is 2.26. The fourth-order valence-electron chi connectivity index (χ4n) is 3.44. The van der Waals surface area contributed by atoms with Crippen molar-refractivity contribution < 1.29 is 4.74 Å². The number of guanidine groups is 1. The average molecular weight is 552 g/mol. The van der Waals surface area contributed by atoms with Crippen molar-refractivity contribution in [1.29, 1.82) is 0 Å². The molecule has 1 aliphatic rings. The highest BCUT2D eigenvalue weighted by molar-refractivity contribution is 14.0. The fourth-order valence-corrected chi connectivity index (χ4v) is 4.56. The zero-order valence-electron chi connectivity index (χ0n) is 17.3. The van der Waals surface area contributed by atoms with Gasteiger partial charge in [0.25, 0.3) is 0 Å². The maximum absolute atomic E-state index is 6.14. The Morgan fingerprint density at radius 2 is 2.17 bits per heavy atom. The molecule has 1 atom stereocenters. The Morgan fingerprint density at radius 1 is 1.41 bits per heavy atom. The molecule has 1 unspecified atom stereocenters. The lowest BCUT2D eigenvalue weighted by Gasteiger charge is -2.33. The van der Waals surface area contributed by atoms with Crippen LogP contribution in [0.15, 0.2) is 34.8 Å². The number of thiophene rings is 1. The van der Waals surface area contributed by atoms with E-state index in [0.717, 1.165) is 62.6 Å². The van der Waals surface area contributed by atoms with Crippen LogP contribution in [-0.4, -0.2) is 66.8 Å². The Morgan fingerprint density at radius 3 is 2.76 bits per heavy atom. The van der Waals surface area contributed by atoms with E-state index in [9.17, 15) is 0 Å². The lowest BCUT2D eigenvalue weighted by molar-refractivity contribution is 0.0186. The summed E-state index contributed by atoms with van der Waals surface area (Å²) >= 11 is 7.94. The smallest absolute Gasteiger partial charge is 0.194 e. The molecule has 6 nitrogen and oxygen atoms in total. The maximum atomic E-state index is 6.14. The lowest BCUT2D eigenvalue weighted by Crippen LogP contribution is -2.42. The van der Waals surface area contributed by atoms with Crippen LogP contribution in [0.2, 0.25) is 5.02 Å². The van der Waals surface area contributed by atoms with E-state index in [0.29, 0.717) is 0 Å². The molecule has 0 amide bonds.